The van der Waals surface area contributed by atoms with Crippen molar-refractivity contribution in [2.45, 2.75) is 0 Å². The van der Waals surface area contributed by atoms with Gasteiger partial charge >= 0.3 is 0 Å². The molecule has 0 saturated heterocycles. The molecule has 0 aliphatic carbocycles. The summed E-state index contributed by atoms with van der Waals surface area (Å²) < 4.78 is 0. The molecule has 0 saturated carbocycles. The normalized spacial score (nSPS) is 0. The van der Waals surface area contributed by atoms with Crippen molar-refractivity contribution in [1.82, 2.24) is 603 Å². The van der Waals surface area contributed by atoms with Crippen LogP contribution in [0.25, 0.3) is 0 Å². The van der Waals surface area contributed by atoms with Crippen molar-refractivity contribution in [3.63, 3.8) is 0 Å². The van der Waals surface area contributed by atoms with Gasteiger partial charge in [-0.25, -0.2) is 0 Å². The van der Waals surface area contributed by atoms with E-state index in [0.717, 1.165) is 0 Å². The molecule has 100 heavy (non-hydrogen) atoms. The Morgan fingerprint density at radius 3 is 0.0200 bits per heavy atom. The number of hydrogen-bond donors (Lipinski definition) is 98. The van der Waals surface area contributed by atoms with E-state index in [-0.39, 0.29) is 614 Å². The third-order valence-electron chi connectivity index (χ3n) is 0. The Balaban J connectivity index is 0. The molecule has 800 valence electrons. The molecule has 0 aliphatic heterocycles. The molecule has 100 nitrogen and oxygen atoms in total. The standard InChI is InChI=1S/98H3N.2H2O/h98*1H3;2*1H2. The molecule has 100 heteroatoms. The molecular weight excluding hydrogens is 1400 g/mol. The molecule has 0 aromatic rings. The topological polar surface area (TPSA) is 3490 Å². The fraction of sp³-hybridized carbons (Fsp3) is 0. The van der Waals surface area contributed by atoms with Gasteiger partial charge in [-0.2, -0.15) is 0 Å². The largest absolute Gasteiger partial charge is 0.412 e. The van der Waals surface area contributed by atoms with E-state index >= 15 is 0 Å². The molecule has 0 aliphatic rings. The van der Waals surface area contributed by atoms with Crippen molar-refractivity contribution in [2.75, 3.05) is 0 Å². The lowest BCUT2D eigenvalue weighted by molar-refractivity contribution is 0.823. The number of hydrogen-bond acceptors (Lipinski definition) is 98. The molecule has 0 amide bonds. The molecule has 0 fully saturated rings. The second-order valence-corrected chi connectivity index (χ2v) is 0. The quantitative estimate of drug-likeness (QED) is 0.107. The highest BCUT2D eigenvalue weighted by Gasteiger charge is -0.246. The molecule has 0 bridgehead atoms. The van der Waals surface area contributed by atoms with Crippen LogP contribution in [0.5, 0.6) is 0 Å². The second-order valence-electron chi connectivity index (χ2n) is 0. The third kappa shape index (κ3) is 50800. The Kier molecular flexibility index (Phi) is 28400000. The van der Waals surface area contributed by atoms with E-state index in [1.807, 2.05) is 0 Å². The summed E-state index contributed by atoms with van der Waals surface area (Å²) in [5, 5.41) is 0. The van der Waals surface area contributed by atoms with Crippen LogP contribution in [0, 0.1) is 0 Å². The zero-order chi connectivity index (χ0) is 0. The molecule has 0 heterocycles. The first kappa shape index (κ1) is 54100. The highest BCUT2D eigenvalue weighted by atomic mass is 16.0. The monoisotopic (exact) mass is 1700 g/mol. The van der Waals surface area contributed by atoms with Gasteiger partial charge in [-0.1, -0.05) is 0 Å². The van der Waals surface area contributed by atoms with Crippen molar-refractivity contribution in [2.24, 2.45) is 0 Å². The highest BCUT2D eigenvalue weighted by Crippen LogP contribution is -0.286. The van der Waals surface area contributed by atoms with Gasteiger partial charge in [-0.05, 0) is 0 Å². The van der Waals surface area contributed by atoms with Gasteiger partial charge in [0.05, 0.1) is 0 Å². The maximum absolute atomic E-state index is 0. The molecule has 0 radical (unpaired) electrons. The van der Waals surface area contributed by atoms with Gasteiger partial charge in [0.25, 0.3) is 0 Å². The second kappa shape index (κ2) is 52500. The van der Waals surface area contributed by atoms with Crippen molar-refractivity contribution in [3.05, 3.63) is 0 Å². The van der Waals surface area contributed by atoms with E-state index in [2.05, 4.69) is 0 Å². The first-order chi connectivity index (χ1) is 0. The summed E-state index contributed by atoms with van der Waals surface area (Å²) in [4.78, 5) is 0. The summed E-state index contributed by atoms with van der Waals surface area (Å²) >= 11 is 0. The summed E-state index contributed by atoms with van der Waals surface area (Å²) in [5.41, 5.74) is 0. The van der Waals surface area contributed by atoms with Gasteiger partial charge in [0.2, 0.25) is 0 Å². The van der Waals surface area contributed by atoms with Gasteiger partial charge in [0, 0.05) is 0 Å². The SMILES string of the molecule is N.N.N.N.N.N.N.N.N.N.N.N.N.N.N.N.N.N.N.N.N.N.N.N.N.N.N.N.N.N.N.N.N.N.N.N.N.N.N.N.N.N.N.N.N.N.N.N.N.N.N.N.N.N.N.N.N.N.N.N.N.N.N.N.N.N.N.N.N.N.N.N.N.N.N.N.N.N.N.N.N.N.N.N.N.N.N.N.N.N.N.N.N.N.N.N.N.N.O.O. The Hall–Kier alpha value is -4.00. The van der Waals surface area contributed by atoms with Gasteiger partial charge in [-0.3, -0.25) is 0 Å². The maximum atomic E-state index is 0. The molecule has 0 aromatic heterocycles. The van der Waals surface area contributed by atoms with Crippen LogP contribution in [0.3, 0.4) is 0 Å². The summed E-state index contributed by atoms with van der Waals surface area (Å²) in [6.45, 7) is 0. The molecule has 0 aromatic carbocycles. The minimum atomic E-state index is 0. The van der Waals surface area contributed by atoms with Crippen molar-refractivity contribution in [3.8, 4) is 0 Å². The third-order valence-corrected chi connectivity index (χ3v) is 0. The lowest BCUT2D eigenvalue weighted by Gasteiger charge is -0.413. The first-order valence-corrected chi connectivity index (χ1v) is 0. The van der Waals surface area contributed by atoms with Crippen LogP contribution >= 0.6 is 0 Å². The average Bonchev–Trinajstić information content (AvgIpc) is 0. The van der Waals surface area contributed by atoms with Crippen molar-refractivity contribution in [1.29, 1.82) is 0 Å². The summed E-state index contributed by atoms with van der Waals surface area (Å²) in [5.74, 6) is 0. The van der Waals surface area contributed by atoms with Crippen LogP contribution in [-0.2, 0) is 0 Å². The van der Waals surface area contributed by atoms with Gasteiger partial charge in [0.15, 0.2) is 0 Å². The lowest BCUT2D eigenvalue weighted by atomic mass is 14.0. The fourth-order valence-corrected chi connectivity index (χ4v) is 0. The van der Waals surface area contributed by atoms with Crippen LogP contribution in [0.1, 0.15) is 0 Å². The summed E-state index contributed by atoms with van der Waals surface area (Å²) in [7, 11) is 0. The minimum Gasteiger partial charge on any atom is -0.412 e. The van der Waals surface area contributed by atoms with Crippen LogP contribution in [-0.4, -0.2) is 11.0 Å². The highest BCUT2D eigenvalue weighted by molar-refractivity contribution is 2.23. The Morgan fingerprint density at radius 2 is 0.0200 bits per heavy atom. The van der Waals surface area contributed by atoms with Crippen LogP contribution < -0.4 is 603 Å². The van der Waals surface area contributed by atoms with Gasteiger partial charge < -0.3 is 614 Å². The van der Waals surface area contributed by atoms with Crippen LogP contribution in [0.4, 0.5) is 0 Å². The van der Waals surface area contributed by atoms with Gasteiger partial charge in [-0.15, -0.1) is 0 Å². The smallest absolute Gasteiger partial charge is 0.344 e. The summed E-state index contributed by atoms with van der Waals surface area (Å²) in [6, 6.07) is 0. The predicted octanol–water partition coefficient (Wildman–Crippen LogP) is 14.2. The van der Waals surface area contributed by atoms with E-state index in [0.29, 0.717) is 0 Å². The van der Waals surface area contributed by atoms with E-state index in [1.165, 1.54) is 0 Å². The van der Waals surface area contributed by atoms with Crippen molar-refractivity contribution >= 4 is 0 Å². The van der Waals surface area contributed by atoms with Crippen molar-refractivity contribution < 1.29 is 11.0 Å². The predicted molar refractivity (Wildman–Crippen MR) is 499 cm³/mol. The zero-order valence-electron chi connectivity index (χ0n) is 70.3. The molecule has 0 atom stereocenters. The number of rotatable bonds is 0. The van der Waals surface area contributed by atoms with E-state index in [9.17, 15) is 0 Å². The average molecular weight is 1710 g/mol. The van der Waals surface area contributed by atoms with E-state index in [1.54, 1.807) is 0 Å². The van der Waals surface area contributed by atoms with Crippen LogP contribution in [0.2, 0.25) is 0 Å². The Bertz CT molecular complexity index is 14.1. The van der Waals surface area contributed by atoms with Crippen LogP contribution in [0.15, 0.2) is 0 Å². The maximum Gasteiger partial charge on any atom is -0.344 e. The minimum absolute atomic E-state index is 0. The zero-order valence-corrected chi connectivity index (χ0v) is 70.3. The van der Waals surface area contributed by atoms with E-state index < -0.39 is 0 Å². The Labute approximate surface area is 614 Å². The lowest BCUT2D eigenvalue weighted by Crippen LogP contribution is -0.482. The molecule has 298 N–H and O–H groups in total. The molecule has 0 rings (SSSR count). The Morgan fingerprint density at radius 1 is 0.0200 bits per heavy atom. The molecule has 0 unspecified atom stereocenters. The molecule has 0 spiro atoms. The fourth-order valence-electron chi connectivity index (χ4n) is 0. The molecular formula is H298N98O2. The summed E-state index contributed by atoms with van der Waals surface area (Å²) in [6.07, 6.45) is 0. The van der Waals surface area contributed by atoms with Gasteiger partial charge in [0.1, 0.15) is 0 Å². The van der Waals surface area contributed by atoms with E-state index in [4.69, 9.17) is 0 Å². The first-order valence-electron chi connectivity index (χ1n) is 0.